The van der Waals surface area contributed by atoms with Crippen molar-refractivity contribution in [1.82, 2.24) is 4.90 Å². The van der Waals surface area contributed by atoms with E-state index >= 15 is 0 Å². The summed E-state index contributed by atoms with van der Waals surface area (Å²) in [6.07, 6.45) is 2.52. The van der Waals surface area contributed by atoms with Crippen molar-refractivity contribution in [3.05, 3.63) is 70.5 Å². The van der Waals surface area contributed by atoms with E-state index in [0.29, 0.717) is 0 Å². The van der Waals surface area contributed by atoms with E-state index < -0.39 is 0 Å². The molecule has 4 nitrogen and oxygen atoms in total. The van der Waals surface area contributed by atoms with Gasteiger partial charge in [-0.15, -0.1) is 0 Å². The number of rotatable bonds is 3. The Bertz CT molecular complexity index is 930. The van der Waals surface area contributed by atoms with Gasteiger partial charge in [-0.25, -0.2) is 4.39 Å². The van der Waals surface area contributed by atoms with Crippen molar-refractivity contribution >= 4 is 5.97 Å². The second-order valence-corrected chi connectivity index (χ2v) is 8.51. The zero-order valence-corrected chi connectivity index (χ0v) is 16.6. The Morgan fingerprint density at radius 2 is 2.03 bits per heavy atom. The number of methoxy groups -OCH3 is 1. The van der Waals surface area contributed by atoms with Gasteiger partial charge >= 0.3 is 5.97 Å². The van der Waals surface area contributed by atoms with E-state index in [1.807, 2.05) is 6.07 Å². The van der Waals surface area contributed by atoms with E-state index in [4.69, 9.17) is 9.47 Å². The van der Waals surface area contributed by atoms with Crippen LogP contribution in [0.2, 0.25) is 0 Å². The summed E-state index contributed by atoms with van der Waals surface area (Å²) in [6, 6.07) is 13.6. The third-order valence-corrected chi connectivity index (χ3v) is 6.74. The van der Waals surface area contributed by atoms with E-state index in [-0.39, 0.29) is 35.8 Å². The highest BCUT2D eigenvalue weighted by atomic mass is 19.1. The number of fused-ring (bicyclic) bond motifs is 5. The van der Waals surface area contributed by atoms with Crippen molar-refractivity contribution in [1.29, 1.82) is 0 Å². The molecule has 2 aliphatic heterocycles. The lowest BCUT2D eigenvalue weighted by Gasteiger charge is -2.21. The van der Waals surface area contributed by atoms with Crippen LogP contribution in [0.25, 0.3) is 0 Å². The summed E-state index contributed by atoms with van der Waals surface area (Å²) in [5, 5.41) is 0. The molecule has 152 valence electrons. The molecule has 0 N–H and O–H groups in total. The van der Waals surface area contributed by atoms with Crippen molar-refractivity contribution in [3.63, 3.8) is 0 Å². The topological polar surface area (TPSA) is 38.8 Å². The Labute approximate surface area is 170 Å². The SMILES string of the molecule is COC(=O)C1CCN(CC2CC3c4ccccc4Cc4ccc(F)cc4C3O2)C1. The van der Waals surface area contributed by atoms with Gasteiger partial charge in [0.1, 0.15) is 5.82 Å². The van der Waals surface area contributed by atoms with Crippen molar-refractivity contribution in [2.75, 3.05) is 26.7 Å². The Morgan fingerprint density at radius 3 is 2.90 bits per heavy atom. The van der Waals surface area contributed by atoms with Gasteiger partial charge < -0.3 is 9.47 Å². The average molecular weight is 395 g/mol. The summed E-state index contributed by atoms with van der Waals surface area (Å²) in [5.41, 5.74) is 4.77. The first-order valence-corrected chi connectivity index (χ1v) is 10.4. The first-order valence-electron chi connectivity index (χ1n) is 10.4. The first kappa shape index (κ1) is 18.8. The molecule has 29 heavy (non-hydrogen) atoms. The quantitative estimate of drug-likeness (QED) is 0.741. The predicted octanol–water partition coefficient (Wildman–Crippen LogP) is 3.84. The number of hydrogen-bond donors (Lipinski definition) is 0. The number of hydrogen-bond acceptors (Lipinski definition) is 4. The maximum atomic E-state index is 14.1. The van der Waals surface area contributed by atoms with Crippen LogP contribution >= 0.6 is 0 Å². The van der Waals surface area contributed by atoms with Crippen LogP contribution in [0.4, 0.5) is 4.39 Å². The lowest BCUT2D eigenvalue weighted by Crippen LogP contribution is -2.31. The molecule has 0 bridgehead atoms. The molecular formula is C24H26FNO3. The largest absolute Gasteiger partial charge is 0.469 e. The number of benzene rings is 2. The monoisotopic (exact) mass is 395 g/mol. The highest BCUT2D eigenvalue weighted by molar-refractivity contribution is 5.72. The van der Waals surface area contributed by atoms with E-state index in [0.717, 1.165) is 50.0 Å². The second-order valence-electron chi connectivity index (χ2n) is 8.51. The molecule has 2 aromatic rings. The number of nitrogens with zero attached hydrogens (tertiary/aromatic N) is 1. The van der Waals surface area contributed by atoms with Crippen LogP contribution in [0, 0.1) is 11.7 Å². The van der Waals surface area contributed by atoms with E-state index in [1.165, 1.54) is 18.2 Å². The molecule has 4 atom stereocenters. The zero-order valence-electron chi connectivity index (χ0n) is 16.6. The van der Waals surface area contributed by atoms with Gasteiger partial charge in [0.25, 0.3) is 0 Å². The number of carbonyl (C=O) groups excluding carboxylic acids is 1. The van der Waals surface area contributed by atoms with Gasteiger partial charge in [-0.05, 0) is 60.2 Å². The second kappa shape index (κ2) is 7.54. The standard InChI is InChI=1S/C24H26FNO3/c1-28-24(27)17-8-9-26(13-17)14-19-12-22-20-5-3-2-4-15(20)10-16-6-7-18(25)11-21(16)23(22)29-19/h2-7,11,17,19,22-23H,8-10,12-14H2,1H3. The van der Waals surface area contributed by atoms with Gasteiger partial charge in [-0.1, -0.05) is 30.3 Å². The minimum Gasteiger partial charge on any atom is -0.469 e. The van der Waals surface area contributed by atoms with Crippen LogP contribution < -0.4 is 0 Å². The molecular weight excluding hydrogens is 369 g/mol. The molecule has 5 heteroatoms. The maximum absolute atomic E-state index is 14.1. The Morgan fingerprint density at radius 1 is 1.21 bits per heavy atom. The molecule has 4 unspecified atom stereocenters. The molecule has 2 aromatic carbocycles. The van der Waals surface area contributed by atoms with Crippen molar-refractivity contribution in [2.45, 2.75) is 37.4 Å². The number of likely N-dealkylation sites (tertiary alicyclic amines) is 1. The fraction of sp³-hybridized carbons (Fsp3) is 0.458. The van der Waals surface area contributed by atoms with Gasteiger partial charge in [0.15, 0.2) is 0 Å². The van der Waals surface area contributed by atoms with Gasteiger partial charge in [-0.3, -0.25) is 9.69 Å². The fourth-order valence-corrected chi connectivity index (χ4v) is 5.36. The minimum absolute atomic E-state index is 0.0394. The summed E-state index contributed by atoms with van der Waals surface area (Å²) >= 11 is 0. The molecule has 0 saturated carbocycles. The summed E-state index contributed by atoms with van der Waals surface area (Å²) < 4.78 is 25.5. The molecule has 3 aliphatic rings. The normalized spacial score (nSPS) is 28.3. The molecule has 0 spiro atoms. The third kappa shape index (κ3) is 3.47. The molecule has 0 amide bonds. The number of carbonyl (C=O) groups is 1. The van der Waals surface area contributed by atoms with Crippen LogP contribution in [0.5, 0.6) is 0 Å². The fourth-order valence-electron chi connectivity index (χ4n) is 5.36. The molecule has 2 heterocycles. The van der Waals surface area contributed by atoms with Crippen molar-refractivity contribution in [2.24, 2.45) is 5.92 Å². The van der Waals surface area contributed by atoms with Crippen LogP contribution in [-0.4, -0.2) is 43.7 Å². The predicted molar refractivity (Wildman–Crippen MR) is 107 cm³/mol. The minimum atomic E-state index is -0.207. The van der Waals surface area contributed by atoms with E-state index in [2.05, 4.69) is 29.2 Å². The van der Waals surface area contributed by atoms with E-state index in [1.54, 1.807) is 12.1 Å². The van der Waals surface area contributed by atoms with Crippen molar-refractivity contribution in [3.8, 4) is 0 Å². The van der Waals surface area contributed by atoms with Crippen LogP contribution in [0.3, 0.4) is 0 Å². The lowest BCUT2D eigenvalue weighted by molar-refractivity contribution is -0.145. The molecule has 0 aromatic heterocycles. The Kier molecular flexibility index (Phi) is 4.88. The molecule has 1 aliphatic carbocycles. The van der Waals surface area contributed by atoms with Crippen molar-refractivity contribution < 1.29 is 18.7 Å². The van der Waals surface area contributed by atoms with Crippen LogP contribution in [-0.2, 0) is 20.7 Å². The number of ether oxygens (including phenoxy) is 2. The summed E-state index contributed by atoms with van der Waals surface area (Å²) in [4.78, 5) is 14.1. The van der Waals surface area contributed by atoms with Gasteiger partial charge in [0.2, 0.25) is 0 Å². The van der Waals surface area contributed by atoms with Crippen LogP contribution in [0.15, 0.2) is 42.5 Å². The average Bonchev–Trinajstić information content (AvgIpc) is 3.34. The van der Waals surface area contributed by atoms with Gasteiger partial charge in [0.05, 0.1) is 25.2 Å². The Balaban J connectivity index is 1.40. The molecule has 0 radical (unpaired) electrons. The zero-order chi connectivity index (χ0) is 20.0. The maximum Gasteiger partial charge on any atom is 0.310 e. The summed E-state index contributed by atoms with van der Waals surface area (Å²) in [7, 11) is 1.45. The lowest BCUT2D eigenvalue weighted by atomic mass is 9.87. The Hall–Kier alpha value is -2.24. The smallest absolute Gasteiger partial charge is 0.310 e. The molecule has 2 fully saturated rings. The van der Waals surface area contributed by atoms with Gasteiger partial charge in [-0.2, -0.15) is 0 Å². The highest BCUT2D eigenvalue weighted by Crippen LogP contribution is 2.49. The van der Waals surface area contributed by atoms with Crippen LogP contribution in [0.1, 0.15) is 47.1 Å². The van der Waals surface area contributed by atoms with E-state index in [9.17, 15) is 9.18 Å². The first-order chi connectivity index (χ1) is 14.1. The van der Waals surface area contributed by atoms with Gasteiger partial charge in [0, 0.05) is 19.0 Å². The third-order valence-electron chi connectivity index (χ3n) is 6.74. The summed E-state index contributed by atoms with van der Waals surface area (Å²) in [5.74, 6) is -0.134. The molecule has 2 saturated heterocycles. The number of esters is 1. The molecule has 5 rings (SSSR count). The summed E-state index contributed by atoms with van der Waals surface area (Å²) in [6.45, 7) is 2.41. The number of halogens is 1. The highest BCUT2D eigenvalue weighted by Gasteiger charge is 2.42.